The fraction of sp³-hybridized carbons (Fsp3) is 0.350. The molecule has 0 aromatic heterocycles. The van der Waals surface area contributed by atoms with E-state index in [0.717, 1.165) is 30.8 Å². The first kappa shape index (κ1) is 15.6. The predicted molar refractivity (Wildman–Crippen MR) is 96.1 cm³/mol. The Kier molecular flexibility index (Phi) is 4.37. The first-order chi connectivity index (χ1) is 11.0. The molecule has 0 saturated carbocycles. The highest BCUT2D eigenvalue weighted by Crippen LogP contribution is 2.27. The lowest BCUT2D eigenvalue weighted by Gasteiger charge is -2.32. The molecule has 2 aromatic carbocycles. The first-order valence-corrected chi connectivity index (χ1v) is 8.29. The van der Waals surface area contributed by atoms with E-state index < -0.39 is 0 Å². The summed E-state index contributed by atoms with van der Waals surface area (Å²) in [6.45, 7) is 6.89. The SMILES string of the molecule is Cc1cc(C)cc(NC(C)C(=O)N2CCCc3ccccc32)c1. The second-order valence-electron chi connectivity index (χ2n) is 6.46. The summed E-state index contributed by atoms with van der Waals surface area (Å²) in [6.07, 6.45) is 2.08. The maximum absolute atomic E-state index is 12.9. The number of rotatable bonds is 3. The number of fused-ring (bicyclic) bond motifs is 1. The molecule has 1 N–H and O–H groups in total. The molecular weight excluding hydrogens is 284 g/mol. The van der Waals surface area contributed by atoms with Crippen molar-refractivity contribution in [3.63, 3.8) is 0 Å². The van der Waals surface area contributed by atoms with E-state index in [4.69, 9.17) is 0 Å². The van der Waals surface area contributed by atoms with E-state index in [0.29, 0.717) is 0 Å². The lowest BCUT2D eigenvalue weighted by molar-refractivity contribution is -0.119. The molecule has 1 amide bonds. The van der Waals surface area contributed by atoms with Gasteiger partial charge in [-0.3, -0.25) is 4.79 Å². The molecule has 3 nitrogen and oxygen atoms in total. The quantitative estimate of drug-likeness (QED) is 0.926. The van der Waals surface area contributed by atoms with Crippen molar-refractivity contribution in [2.24, 2.45) is 0 Å². The monoisotopic (exact) mass is 308 g/mol. The van der Waals surface area contributed by atoms with Crippen LogP contribution < -0.4 is 10.2 Å². The summed E-state index contributed by atoms with van der Waals surface area (Å²) in [5.41, 5.74) is 5.75. The number of benzene rings is 2. The van der Waals surface area contributed by atoms with Crippen molar-refractivity contribution in [1.29, 1.82) is 0 Å². The molecule has 1 atom stereocenters. The van der Waals surface area contributed by atoms with Crippen LogP contribution in [-0.4, -0.2) is 18.5 Å². The van der Waals surface area contributed by atoms with Crippen LogP contribution in [0.25, 0.3) is 0 Å². The molecular formula is C20H24N2O. The van der Waals surface area contributed by atoms with Crippen LogP contribution in [0.2, 0.25) is 0 Å². The van der Waals surface area contributed by atoms with E-state index >= 15 is 0 Å². The van der Waals surface area contributed by atoms with Crippen molar-refractivity contribution in [3.05, 3.63) is 59.2 Å². The van der Waals surface area contributed by atoms with Gasteiger partial charge >= 0.3 is 0 Å². The Morgan fingerprint density at radius 1 is 1.13 bits per heavy atom. The van der Waals surface area contributed by atoms with Crippen LogP contribution in [-0.2, 0) is 11.2 Å². The normalized spacial score (nSPS) is 15.0. The molecule has 0 spiro atoms. The maximum atomic E-state index is 12.9. The minimum Gasteiger partial charge on any atom is -0.374 e. The third-order valence-corrected chi connectivity index (χ3v) is 4.35. The summed E-state index contributed by atoms with van der Waals surface area (Å²) < 4.78 is 0. The van der Waals surface area contributed by atoms with Crippen molar-refractivity contribution in [3.8, 4) is 0 Å². The molecule has 0 radical (unpaired) electrons. The van der Waals surface area contributed by atoms with Crippen LogP contribution in [0.15, 0.2) is 42.5 Å². The van der Waals surface area contributed by atoms with Gasteiger partial charge in [-0.05, 0) is 68.5 Å². The topological polar surface area (TPSA) is 32.3 Å². The number of nitrogens with one attached hydrogen (secondary N) is 1. The molecule has 3 rings (SSSR count). The van der Waals surface area contributed by atoms with E-state index in [2.05, 4.69) is 49.5 Å². The number of para-hydroxylation sites is 1. The highest BCUT2D eigenvalue weighted by atomic mass is 16.2. The van der Waals surface area contributed by atoms with Gasteiger partial charge in [0.25, 0.3) is 0 Å². The Bertz CT molecular complexity index is 703. The highest BCUT2D eigenvalue weighted by Gasteiger charge is 2.26. The molecule has 1 aliphatic rings. The number of aryl methyl sites for hydroxylation is 3. The molecule has 0 aliphatic carbocycles. The average molecular weight is 308 g/mol. The second-order valence-corrected chi connectivity index (χ2v) is 6.46. The summed E-state index contributed by atoms with van der Waals surface area (Å²) in [5, 5.41) is 3.36. The zero-order valence-electron chi connectivity index (χ0n) is 14.1. The lowest BCUT2D eigenvalue weighted by atomic mass is 10.0. The first-order valence-electron chi connectivity index (χ1n) is 8.29. The molecule has 3 heteroatoms. The molecule has 1 heterocycles. The minimum atomic E-state index is -0.248. The van der Waals surface area contributed by atoms with Crippen LogP contribution in [0.1, 0.15) is 30.0 Å². The van der Waals surface area contributed by atoms with Crippen LogP contribution in [0, 0.1) is 13.8 Å². The minimum absolute atomic E-state index is 0.135. The third kappa shape index (κ3) is 3.39. The van der Waals surface area contributed by atoms with Gasteiger partial charge in [0.2, 0.25) is 5.91 Å². The zero-order valence-corrected chi connectivity index (χ0v) is 14.1. The summed E-state index contributed by atoms with van der Waals surface area (Å²) in [7, 11) is 0. The Labute approximate surface area is 138 Å². The largest absolute Gasteiger partial charge is 0.374 e. The van der Waals surface area contributed by atoms with E-state index in [9.17, 15) is 4.79 Å². The van der Waals surface area contributed by atoms with Crippen molar-refractivity contribution in [1.82, 2.24) is 0 Å². The van der Waals surface area contributed by atoms with Crippen LogP contribution in [0.3, 0.4) is 0 Å². The molecule has 1 unspecified atom stereocenters. The Balaban J connectivity index is 1.78. The number of hydrogen-bond acceptors (Lipinski definition) is 2. The van der Waals surface area contributed by atoms with E-state index in [-0.39, 0.29) is 11.9 Å². The van der Waals surface area contributed by atoms with Crippen molar-refractivity contribution >= 4 is 17.3 Å². The van der Waals surface area contributed by atoms with Gasteiger partial charge in [-0.25, -0.2) is 0 Å². The Morgan fingerprint density at radius 3 is 2.57 bits per heavy atom. The Hall–Kier alpha value is -2.29. The van der Waals surface area contributed by atoms with Crippen LogP contribution >= 0.6 is 0 Å². The smallest absolute Gasteiger partial charge is 0.249 e. The summed E-state index contributed by atoms with van der Waals surface area (Å²) in [4.78, 5) is 14.8. The molecule has 0 bridgehead atoms. The molecule has 1 aliphatic heterocycles. The van der Waals surface area contributed by atoms with Gasteiger partial charge in [-0.2, -0.15) is 0 Å². The molecule has 2 aromatic rings. The second kappa shape index (κ2) is 6.45. The fourth-order valence-electron chi connectivity index (χ4n) is 3.37. The number of carbonyl (C=O) groups is 1. The van der Waals surface area contributed by atoms with Gasteiger partial charge in [-0.1, -0.05) is 24.3 Å². The Morgan fingerprint density at radius 2 is 1.83 bits per heavy atom. The van der Waals surface area contributed by atoms with Crippen molar-refractivity contribution in [2.75, 3.05) is 16.8 Å². The van der Waals surface area contributed by atoms with Gasteiger partial charge in [0.15, 0.2) is 0 Å². The number of anilines is 2. The van der Waals surface area contributed by atoms with Gasteiger partial charge < -0.3 is 10.2 Å². The number of nitrogens with zero attached hydrogens (tertiary/aromatic N) is 1. The van der Waals surface area contributed by atoms with Crippen molar-refractivity contribution in [2.45, 2.75) is 39.7 Å². The fourth-order valence-corrected chi connectivity index (χ4v) is 3.37. The standard InChI is InChI=1S/C20H24N2O/c1-14-11-15(2)13-18(12-14)21-16(3)20(23)22-10-6-8-17-7-4-5-9-19(17)22/h4-5,7,9,11-13,16,21H,6,8,10H2,1-3H3. The van der Waals surface area contributed by atoms with Gasteiger partial charge in [-0.15, -0.1) is 0 Å². The molecule has 0 fully saturated rings. The third-order valence-electron chi connectivity index (χ3n) is 4.35. The molecule has 120 valence electrons. The zero-order chi connectivity index (χ0) is 16.4. The predicted octanol–water partition coefficient (Wildman–Crippen LogP) is 4.08. The van der Waals surface area contributed by atoms with Crippen LogP contribution in [0.4, 0.5) is 11.4 Å². The van der Waals surface area contributed by atoms with Gasteiger partial charge in [0.1, 0.15) is 6.04 Å². The summed E-state index contributed by atoms with van der Waals surface area (Å²) in [6, 6.07) is 14.3. The molecule has 23 heavy (non-hydrogen) atoms. The van der Waals surface area contributed by atoms with E-state index in [1.54, 1.807) is 0 Å². The van der Waals surface area contributed by atoms with E-state index in [1.165, 1.54) is 16.7 Å². The summed E-state index contributed by atoms with van der Waals surface area (Å²) in [5.74, 6) is 0.135. The molecule has 0 saturated heterocycles. The lowest BCUT2D eigenvalue weighted by Crippen LogP contribution is -2.44. The average Bonchev–Trinajstić information content (AvgIpc) is 2.52. The highest BCUT2D eigenvalue weighted by molar-refractivity contribution is 5.99. The van der Waals surface area contributed by atoms with Gasteiger partial charge in [0.05, 0.1) is 0 Å². The van der Waals surface area contributed by atoms with Gasteiger partial charge in [0, 0.05) is 17.9 Å². The van der Waals surface area contributed by atoms with Crippen LogP contribution in [0.5, 0.6) is 0 Å². The number of hydrogen-bond donors (Lipinski definition) is 1. The van der Waals surface area contributed by atoms with Crippen molar-refractivity contribution < 1.29 is 4.79 Å². The number of carbonyl (C=O) groups excluding carboxylic acids is 1. The summed E-state index contributed by atoms with van der Waals surface area (Å²) >= 11 is 0. The maximum Gasteiger partial charge on any atom is 0.249 e. The van der Waals surface area contributed by atoms with E-state index in [1.807, 2.05) is 24.0 Å². The number of amides is 1.